The molecule has 2 aromatic rings. The van der Waals surface area contributed by atoms with Crippen LogP contribution in [0.2, 0.25) is 0 Å². The Morgan fingerprint density at radius 3 is 2.57 bits per heavy atom. The van der Waals surface area contributed by atoms with Crippen LogP contribution in [0.1, 0.15) is 27.8 Å². The van der Waals surface area contributed by atoms with Crippen molar-refractivity contribution in [1.82, 2.24) is 10.2 Å². The Balaban J connectivity index is 2.02. The summed E-state index contributed by atoms with van der Waals surface area (Å²) in [6.45, 7) is 1.43. The number of carboxylic acid groups (broad SMARTS) is 1. The minimum Gasteiger partial charge on any atom is -0.477 e. The molecule has 2 rings (SSSR count). The molecule has 108 valence electrons. The van der Waals surface area contributed by atoms with Crippen molar-refractivity contribution in [3.63, 3.8) is 0 Å². The highest BCUT2D eigenvalue weighted by Crippen LogP contribution is 2.12. The molecule has 8 heteroatoms. The molecule has 0 spiro atoms. The number of H-pyrrole nitrogens is 1. The molecule has 8 nitrogen and oxygen atoms in total. The van der Waals surface area contributed by atoms with Crippen molar-refractivity contribution in [2.24, 2.45) is 0 Å². The lowest BCUT2D eigenvalue weighted by Crippen LogP contribution is -2.19. The van der Waals surface area contributed by atoms with Crippen molar-refractivity contribution in [2.75, 3.05) is 10.6 Å². The van der Waals surface area contributed by atoms with Crippen LogP contribution in [0.4, 0.5) is 16.3 Å². The highest BCUT2D eigenvalue weighted by atomic mass is 16.4. The van der Waals surface area contributed by atoms with E-state index >= 15 is 0 Å². The lowest BCUT2D eigenvalue weighted by atomic mass is 10.1. The minimum absolute atomic E-state index is 0.0765. The van der Waals surface area contributed by atoms with Crippen LogP contribution in [0.25, 0.3) is 0 Å². The number of aromatic nitrogens is 2. The van der Waals surface area contributed by atoms with Gasteiger partial charge < -0.3 is 10.4 Å². The number of nitrogens with one attached hydrogen (secondary N) is 3. The maximum atomic E-state index is 11.7. The van der Waals surface area contributed by atoms with Gasteiger partial charge in [-0.15, -0.1) is 0 Å². The lowest BCUT2D eigenvalue weighted by molar-refractivity contribution is 0.0690. The van der Waals surface area contributed by atoms with E-state index in [1.54, 1.807) is 18.2 Å². The van der Waals surface area contributed by atoms with Gasteiger partial charge in [0, 0.05) is 17.3 Å². The maximum Gasteiger partial charge on any atom is 0.353 e. The fraction of sp³-hybridized carbons (Fsp3) is 0.0769. The SMILES string of the molecule is CC(=O)c1cccc(NC(=O)Nc2cc(C(=O)O)[nH]n2)c1. The number of amides is 2. The Bertz CT molecular complexity index is 708. The van der Waals surface area contributed by atoms with Crippen LogP contribution in [-0.4, -0.2) is 33.1 Å². The van der Waals surface area contributed by atoms with E-state index in [4.69, 9.17) is 5.11 Å². The molecule has 1 aromatic heterocycles. The highest BCUT2D eigenvalue weighted by Gasteiger charge is 2.10. The average Bonchev–Trinajstić information content (AvgIpc) is 2.87. The molecule has 0 saturated heterocycles. The minimum atomic E-state index is -1.18. The van der Waals surface area contributed by atoms with E-state index in [0.29, 0.717) is 11.3 Å². The molecule has 0 radical (unpaired) electrons. The number of carbonyl (C=O) groups is 3. The van der Waals surface area contributed by atoms with Gasteiger partial charge in [-0.05, 0) is 19.1 Å². The fourth-order valence-electron chi connectivity index (χ4n) is 1.59. The molecule has 4 N–H and O–H groups in total. The van der Waals surface area contributed by atoms with Gasteiger partial charge in [-0.2, -0.15) is 5.10 Å². The summed E-state index contributed by atoms with van der Waals surface area (Å²) in [4.78, 5) is 33.6. The van der Waals surface area contributed by atoms with Gasteiger partial charge in [0.05, 0.1) is 0 Å². The molecule has 0 saturated carbocycles. The second-order valence-corrected chi connectivity index (χ2v) is 4.19. The van der Waals surface area contributed by atoms with E-state index in [2.05, 4.69) is 20.8 Å². The molecular formula is C13H12N4O4. The van der Waals surface area contributed by atoms with E-state index in [0.717, 1.165) is 0 Å². The quantitative estimate of drug-likeness (QED) is 0.640. The summed E-state index contributed by atoms with van der Waals surface area (Å²) < 4.78 is 0. The van der Waals surface area contributed by atoms with Crippen LogP contribution in [0.3, 0.4) is 0 Å². The van der Waals surface area contributed by atoms with Crippen molar-refractivity contribution in [3.8, 4) is 0 Å². The van der Waals surface area contributed by atoms with Crippen LogP contribution in [0, 0.1) is 0 Å². The van der Waals surface area contributed by atoms with Crippen LogP contribution >= 0.6 is 0 Å². The van der Waals surface area contributed by atoms with Gasteiger partial charge in [0.2, 0.25) is 0 Å². The Morgan fingerprint density at radius 1 is 1.19 bits per heavy atom. The first-order chi connectivity index (χ1) is 9.95. The first-order valence-corrected chi connectivity index (χ1v) is 5.93. The molecule has 0 fully saturated rings. The van der Waals surface area contributed by atoms with Crippen molar-refractivity contribution in [1.29, 1.82) is 0 Å². The normalized spacial score (nSPS) is 9.95. The predicted octanol–water partition coefficient (Wildman–Crippen LogP) is 1.95. The number of anilines is 2. The second-order valence-electron chi connectivity index (χ2n) is 4.19. The van der Waals surface area contributed by atoms with E-state index in [1.807, 2.05) is 0 Å². The Hall–Kier alpha value is -3.16. The first kappa shape index (κ1) is 14.3. The molecule has 2 amide bonds. The fourth-order valence-corrected chi connectivity index (χ4v) is 1.59. The zero-order chi connectivity index (χ0) is 15.4. The summed E-state index contributed by atoms with van der Waals surface area (Å²) in [5.41, 5.74) is 0.777. The van der Waals surface area contributed by atoms with Crippen molar-refractivity contribution in [2.45, 2.75) is 6.92 Å². The maximum absolute atomic E-state index is 11.7. The third-order valence-corrected chi connectivity index (χ3v) is 2.58. The molecule has 0 atom stereocenters. The summed E-state index contributed by atoms with van der Waals surface area (Å²) in [6, 6.07) is 7.03. The van der Waals surface area contributed by atoms with E-state index in [9.17, 15) is 14.4 Å². The van der Waals surface area contributed by atoms with Crippen LogP contribution in [0.5, 0.6) is 0 Å². The van der Waals surface area contributed by atoms with Gasteiger partial charge in [0.25, 0.3) is 0 Å². The zero-order valence-electron chi connectivity index (χ0n) is 11.0. The van der Waals surface area contributed by atoms with Gasteiger partial charge in [-0.25, -0.2) is 9.59 Å². The number of urea groups is 1. The van der Waals surface area contributed by atoms with Gasteiger partial charge in [0.15, 0.2) is 11.6 Å². The topological polar surface area (TPSA) is 124 Å². The number of carbonyl (C=O) groups excluding carboxylic acids is 2. The van der Waals surface area contributed by atoms with Crippen molar-refractivity contribution < 1.29 is 19.5 Å². The Kier molecular flexibility index (Phi) is 3.98. The van der Waals surface area contributed by atoms with E-state index < -0.39 is 12.0 Å². The number of carboxylic acids is 1. The summed E-state index contributed by atoms with van der Waals surface area (Å²) in [6.07, 6.45) is 0. The largest absolute Gasteiger partial charge is 0.477 e. The van der Waals surface area contributed by atoms with Crippen LogP contribution in [-0.2, 0) is 0 Å². The summed E-state index contributed by atoms with van der Waals surface area (Å²) in [5, 5.41) is 19.5. The van der Waals surface area contributed by atoms with E-state index in [-0.39, 0.29) is 17.3 Å². The Labute approximate surface area is 119 Å². The molecule has 0 aliphatic heterocycles. The number of ketones is 1. The van der Waals surface area contributed by atoms with Crippen LogP contribution in [0.15, 0.2) is 30.3 Å². The molecule has 0 unspecified atom stereocenters. The van der Waals surface area contributed by atoms with Gasteiger partial charge in [-0.3, -0.25) is 15.2 Å². The van der Waals surface area contributed by atoms with Gasteiger partial charge in [-0.1, -0.05) is 12.1 Å². The summed E-state index contributed by atoms with van der Waals surface area (Å²) >= 11 is 0. The molecular weight excluding hydrogens is 276 g/mol. The number of benzene rings is 1. The smallest absolute Gasteiger partial charge is 0.353 e. The molecule has 0 aliphatic rings. The number of aromatic carboxylic acids is 1. The monoisotopic (exact) mass is 288 g/mol. The number of nitrogens with zero attached hydrogens (tertiary/aromatic N) is 1. The third kappa shape index (κ3) is 3.66. The number of hydrogen-bond acceptors (Lipinski definition) is 4. The second kappa shape index (κ2) is 5.87. The first-order valence-electron chi connectivity index (χ1n) is 5.93. The summed E-state index contributed by atoms with van der Waals surface area (Å²) in [5.74, 6) is -1.21. The highest BCUT2D eigenvalue weighted by molar-refractivity contribution is 6.01. The average molecular weight is 288 g/mol. The number of rotatable bonds is 4. The third-order valence-electron chi connectivity index (χ3n) is 2.58. The number of Topliss-reactive ketones (excluding diaryl/α,β-unsaturated/α-hetero) is 1. The number of hydrogen-bond donors (Lipinski definition) is 4. The molecule has 1 aromatic carbocycles. The molecule has 0 aliphatic carbocycles. The standard InChI is InChI=1S/C13H12N4O4/c1-7(18)8-3-2-4-9(5-8)14-13(21)15-11-6-10(12(19)20)16-17-11/h2-6H,1H3,(H,19,20)(H3,14,15,16,17,21). The predicted molar refractivity (Wildman–Crippen MR) is 74.6 cm³/mol. The molecule has 21 heavy (non-hydrogen) atoms. The van der Waals surface area contributed by atoms with Crippen molar-refractivity contribution in [3.05, 3.63) is 41.6 Å². The summed E-state index contributed by atoms with van der Waals surface area (Å²) in [7, 11) is 0. The Morgan fingerprint density at radius 2 is 1.95 bits per heavy atom. The zero-order valence-corrected chi connectivity index (χ0v) is 11.0. The van der Waals surface area contributed by atoms with Crippen LogP contribution < -0.4 is 10.6 Å². The van der Waals surface area contributed by atoms with Gasteiger partial charge in [0.1, 0.15) is 5.69 Å². The van der Waals surface area contributed by atoms with E-state index in [1.165, 1.54) is 19.1 Å². The molecule has 1 heterocycles. The number of aromatic amines is 1. The van der Waals surface area contributed by atoms with Crippen molar-refractivity contribution >= 4 is 29.3 Å². The lowest BCUT2D eigenvalue weighted by Gasteiger charge is -2.06. The molecule has 0 bridgehead atoms. The van der Waals surface area contributed by atoms with Gasteiger partial charge >= 0.3 is 12.0 Å².